The number of piperazine rings is 1. The lowest BCUT2D eigenvalue weighted by Crippen LogP contribution is -2.48. The Balaban J connectivity index is 1.75. The van der Waals surface area contributed by atoms with Gasteiger partial charge in [-0.05, 0) is 31.2 Å². The van der Waals surface area contributed by atoms with Gasteiger partial charge in [-0.25, -0.2) is 8.42 Å². The molecule has 1 heterocycles. The van der Waals surface area contributed by atoms with Gasteiger partial charge in [0.15, 0.2) is 0 Å². The maximum Gasteiger partial charge on any atom is 0.243 e. The summed E-state index contributed by atoms with van der Waals surface area (Å²) in [5.74, 6) is 0.396. The Bertz CT molecular complexity index is 819. The molecule has 0 unspecified atom stereocenters. The van der Waals surface area contributed by atoms with Crippen LogP contribution in [0.1, 0.15) is 6.92 Å². The number of benzene rings is 2. The average Bonchev–Trinajstić information content (AvgIpc) is 2.64. The van der Waals surface area contributed by atoms with Gasteiger partial charge in [-0.3, -0.25) is 0 Å². The van der Waals surface area contributed by atoms with E-state index in [1.807, 2.05) is 37.3 Å². The molecule has 3 rings (SSSR count). The number of hydrogen-bond donors (Lipinski definition) is 0. The first-order chi connectivity index (χ1) is 12.0. The minimum Gasteiger partial charge on any atom is -0.492 e. The van der Waals surface area contributed by atoms with Gasteiger partial charge in [-0.2, -0.15) is 4.31 Å². The van der Waals surface area contributed by atoms with Crippen LogP contribution in [0, 0.1) is 0 Å². The maximum atomic E-state index is 12.9. The summed E-state index contributed by atoms with van der Waals surface area (Å²) in [5.41, 5.74) is 1.12. The number of rotatable bonds is 5. The minimum absolute atomic E-state index is 0.216. The van der Waals surface area contributed by atoms with E-state index < -0.39 is 10.0 Å². The molecule has 0 atom stereocenters. The summed E-state index contributed by atoms with van der Waals surface area (Å²) >= 11 is 6.06. The molecule has 0 spiro atoms. The van der Waals surface area contributed by atoms with Gasteiger partial charge in [-0.15, -0.1) is 0 Å². The Labute approximate surface area is 153 Å². The fraction of sp³-hybridized carbons (Fsp3) is 0.333. The monoisotopic (exact) mass is 380 g/mol. The quantitative estimate of drug-likeness (QED) is 0.799. The molecule has 2 aromatic rings. The van der Waals surface area contributed by atoms with Crippen molar-refractivity contribution in [2.75, 3.05) is 37.7 Å². The van der Waals surface area contributed by atoms with Gasteiger partial charge in [-0.1, -0.05) is 29.8 Å². The van der Waals surface area contributed by atoms with E-state index in [1.165, 1.54) is 16.4 Å². The van der Waals surface area contributed by atoms with Crippen LogP contribution in [0.5, 0.6) is 5.75 Å². The zero-order chi connectivity index (χ0) is 17.9. The summed E-state index contributed by atoms with van der Waals surface area (Å²) in [4.78, 5) is 2.41. The highest BCUT2D eigenvalue weighted by atomic mass is 35.5. The van der Waals surface area contributed by atoms with Gasteiger partial charge in [0.2, 0.25) is 10.0 Å². The second kappa shape index (κ2) is 7.64. The lowest BCUT2D eigenvalue weighted by molar-refractivity contribution is 0.339. The molecule has 0 N–H and O–H groups in total. The van der Waals surface area contributed by atoms with Crippen molar-refractivity contribution in [2.45, 2.75) is 11.8 Å². The summed E-state index contributed by atoms with van der Waals surface area (Å²) < 4.78 is 32.7. The average molecular weight is 381 g/mol. The van der Waals surface area contributed by atoms with Crippen molar-refractivity contribution in [3.8, 4) is 5.75 Å². The van der Waals surface area contributed by atoms with Gasteiger partial charge >= 0.3 is 0 Å². The molecule has 0 bridgehead atoms. The van der Waals surface area contributed by atoms with Crippen molar-refractivity contribution in [3.05, 3.63) is 53.6 Å². The van der Waals surface area contributed by atoms with Crippen molar-refractivity contribution >= 4 is 27.3 Å². The summed E-state index contributed by atoms with van der Waals surface area (Å²) in [6.07, 6.45) is 0. The Kier molecular flexibility index (Phi) is 5.51. The van der Waals surface area contributed by atoms with Crippen LogP contribution in [0.2, 0.25) is 5.02 Å². The van der Waals surface area contributed by atoms with E-state index in [9.17, 15) is 8.42 Å². The molecular formula is C18H21ClN2O3S. The van der Waals surface area contributed by atoms with Gasteiger partial charge in [0, 0.05) is 37.9 Å². The zero-order valence-corrected chi connectivity index (χ0v) is 15.6. The largest absolute Gasteiger partial charge is 0.492 e. The molecule has 1 aliphatic rings. The molecule has 0 aromatic heterocycles. The maximum absolute atomic E-state index is 12.9. The Morgan fingerprint density at radius 3 is 2.36 bits per heavy atom. The molecule has 7 heteroatoms. The third-order valence-electron chi connectivity index (χ3n) is 4.20. The van der Waals surface area contributed by atoms with Crippen molar-refractivity contribution in [1.82, 2.24) is 4.31 Å². The molecule has 2 aromatic carbocycles. The number of sulfonamides is 1. The van der Waals surface area contributed by atoms with Gasteiger partial charge in [0.25, 0.3) is 0 Å². The molecule has 1 aliphatic heterocycles. The standard InChI is InChI=1S/C18H21ClN2O3S/c1-2-24-18-14-16(8-9-17(18)19)25(22,23)21-12-10-20(11-13-21)15-6-4-3-5-7-15/h3-9,14H,2,10-13H2,1H3. The van der Waals surface area contributed by atoms with Crippen LogP contribution in [0.25, 0.3) is 0 Å². The predicted octanol–water partition coefficient (Wildman–Crippen LogP) is 3.25. The molecular weight excluding hydrogens is 360 g/mol. The number of ether oxygens (including phenoxy) is 1. The lowest BCUT2D eigenvalue weighted by Gasteiger charge is -2.35. The number of halogens is 1. The molecule has 134 valence electrons. The van der Waals surface area contributed by atoms with Gasteiger partial charge in [0.1, 0.15) is 5.75 Å². The molecule has 1 fully saturated rings. The van der Waals surface area contributed by atoms with Crippen molar-refractivity contribution in [3.63, 3.8) is 0 Å². The van der Waals surface area contributed by atoms with Gasteiger partial charge < -0.3 is 9.64 Å². The summed E-state index contributed by atoms with van der Waals surface area (Å²) in [6.45, 7) is 4.48. The molecule has 1 saturated heterocycles. The summed E-state index contributed by atoms with van der Waals surface area (Å²) in [5, 5.41) is 0.412. The van der Waals surface area contributed by atoms with Crippen molar-refractivity contribution in [1.29, 1.82) is 0 Å². The van der Waals surface area contributed by atoms with E-state index >= 15 is 0 Å². The van der Waals surface area contributed by atoms with Crippen LogP contribution in [-0.4, -0.2) is 45.5 Å². The number of nitrogens with zero attached hydrogens (tertiary/aromatic N) is 2. The molecule has 5 nitrogen and oxygen atoms in total. The smallest absolute Gasteiger partial charge is 0.243 e. The van der Waals surface area contributed by atoms with Crippen LogP contribution in [0.4, 0.5) is 5.69 Å². The van der Waals surface area contributed by atoms with E-state index in [-0.39, 0.29) is 4.90 Å². The minimum atomic E-state index is -3.56. The van der Waals surface area contributed by atoms with Crippen LogP contribution in [-0.2, 0) is 10.0 Å². The molecule has 0 saturated carbocycles. The van der Waals surface area contributed by atoms with E-state index in [4.69, 9.17) is 16.3 Å². The fourth-order valence-corrected chi connectivity index (χ4v) is 4.50. The third-order valence-corrected chi connectivity index (χ3v) is 6.41. The number of hydrogen-bond acceptors (Lipinski definition) is 4. The normalized spacial score (nSPS) is 16.0. The van der Waals surface area contributed by atoms with E-state index in [0.29, 0.717) is 43.6 Å². The SMILES string of the molecule is CCOc1cc(S(=O)(=O)N2CCN(c3ccccc3)CC2)ccc1Cl. The van der Waals surface area contributed by atoms with Crippen molar-refractivity contribution < 1.29 is 13.2 Å². The highest BCUT2D eigenvalue weighted by Gasteiger charge is 2.29. The molecule has 25 heavy (non-hydrogen) atoms. The van der Waals surface area contributed by atoms with Crippen molar-refractivity contribution in [2.24, 2.45) is 0 Å². The van der Waals surface area contributed by atoms with Crippen LogP contribution in [0.15, 0.2) is 53.4 Å². The fourth-order valence-electron chi connectivity index (χ4n) is 2.88. The van der Waals surface area contributed by atoms with E-state index in [2.05, 4.69) is 4.90 Å². The Morgan fingerprint density at radius 2 is 1.72 bits per heavy atom. The number of anilines is 1. The first kappa shape index (κ1) is 18.0. The Hall–Kier alpha value is -1.76. The third kappa shape index (κ3) is 3.92. The summed E-state index contributed by atoms with van der Waals surface area (Å²) in [7, 11) is -3.56. The van der Waals surface area contributed by atoms with Crippen LogP contribution < -0.4 is 9.64 Å². The molecule has 0 aliphatic carbocycles. The molecule has 0 amide bonds. The second-order valence-corrected chi connectivity index (χ2v) is 8.10. The van der Waals surface area contributed by atoms with Crippen LogP contribution in [0.3, 0.4) is 0 Å². The zero-order valence-electron chi connectivity index (χ0n) is 14.1. The molecule has 0 radical (unpaired) electrons. The highest BCUT2D eigenvalue weighted by Crippen LogP contribution is 2.29. The lowest BCUT2D eigenvalue weighted by atomic mass is 10.2. The highest BCUT2D eigenvalue weighted by molar-refractivity contribution is 7.89. The Morgan fingerprint density at radius 1 is 1.04 bits per heavy atom. The van der Waals surface area contributed by atoms with Crippen LogP contribution >= 0.6 is 11.6 Å². The second-order valence-electron chi connectivity index (χ2n) is 5.75. The van der Waals surface area contributed by atoms with E-state index in [1.54, 1.807) is 6.07 Å². The first-order valence-electron chi connectivity index (χ1n) is 8.25. The topological polar surface area (TPSA) is 49.9 Å². The number of para-hydroxylation sites is 1. The van der Waals surface area contributed by atoms with Gasteiger partial charge in [0.05, 0.1) is 16.5 Å². The van der Waals surface area contributed by atoms with E-state index in [0.717, 1.165) is 5.69 Å². The first-order valence-corrected chi connectivity index (χ1v) is 10.1. The predicted molar refractivity (Wildman–Crippen MR) is 100 cm³/mol. The summed E-state index contributed by atoms with van der Waals surface area (Å²) in [6, 6.07) is 14.6.